The van der Waals surface area contributed by atoms with Crippen molar-refractivity contribution in [3.63, 3.8) is 0 Å². The summed E-state index contributed by atoms with van der Waals surface area (Å²) in [6.07, 6.45) is 0.404. The van der Waals surface area contributed by atoms with Gasteiger partial charge >= 0.3 is 0 Å². The van der Waals surface area contributed by atoms with E-state index in [1.807, 2.05) is 0 Å². The van der Waals surface area contributed by atoms with Crippen LogP contribution < -0.4 is 0 Å². The quantitative estimate of drug-likeness (QED) is 0.429. The van der Waals surface area contributed by atoms with E-state index in [0.717, 1.165) is 0 Å². The van der Waals surface area contributed by atoms with Gasteiger partial charge in [0.1, 0.15) is 0 Å². The Morgan fingerprint density at radius 2 is 1.89 bits per heavy atom. The molecule has 0 bridgehead atoms. The van der Waals surface area contributed by atoms with Crippen molar-refractivity contribution in [2.45, 2.75) is 33.0 Å². The standard InChI is InChI=1S/C6H15IOSi/c1-6(2)8-9(3,4)5-7/h6H,5H2,1-4H3. The summed E-state index contributed by atoms with van der Waals surface area (Å²) in [5.74, 6) is 0. The van der Waals surface area contributed by atoms with Gasteiger partial charge in [-0.1, -0.05) is 22.6 Å². The Morgan fingerprint density at radius 3 is 2.00 bits per heavy atom. The van der Waals surface area contributed by atoms with Crippen LogP contribution in [0.15, 0.2) is 0 Å². The van der Waals surface area contributed by atoms with Gasteiger partial charge in [-0.3, -0.25) is 0 Å². The minimum absolute atomic E-state index is 0.404. The molecule has 0 rings (SSSR count). The molecular formula is C6H15IOSi. The van der Waals surface area contributed by atoms with Crippen LogP contribution in [0.3, 0.4) is 0 Å². The molecule has 0 radical (unpaired) electrons. The van der Waals surface area contributed by atoms with Crippen LogP contribution in [0.5, 0.6) is 0 Å². The molecule has 3 heteroatoms. The maximum Gasteiger partial charge on any atom is 0.196 e. The van der Waals surface area contributed by atoms with E-state index in [4.69, 9.17) is 4.43 Å². The van der Waals surface area contributed by atoms with Crippen molar-refractivity contribution in [2.24, 2.45) is 0 Å². The Bertz CT molecular complexity index is 83.1. The highest BCUT2D eigenvalue weighted by Gasteiger charge is 2.21. The van der Waals surface area contributed by atoms with E-state index in [2.05, 4.69) is 49.5 Å². The van der Waals surface area contributed by atoms with E-state index in [1.54, 1.807) is 0 Å². The van der Waals surface area contributed by atoms with Gasteiger partial charge in [-0.25, -0.2) is 0 Å². The van der Waals surface area contributed by atoms with Crippen LogP contribution in [0, 0.1) is 0 Å². The zero-order valence-corrected chi connectivity index (χ0v) is 9.73. The van der Waals surface area contributed by atoms with Crippen LogP contribution in [-0.2, 0) is 4.43 Å². The molecule has 0 fully saturated rings. The predicted octanol–water partition coefficient (Wildman–Crippen LogP) is 2.59. The Morgan fingerprint density at radius 1 is 1.44 bits per heavy atom. The van der Waals surface area contributed by atoms with Crippen LogP contribution >= 0.6 is 22.6 Å². The molecule has 0 heterocycles. The second kappa shape index (κ2) is 3.93. The SMILES string of the molecule is CC(C)O[Si](C)(C)CI. The van der Waals surface area contributed by atoms with E-state index in [0.29, 0.717) is 6.10 Å². The fraction of sp³-hybridized carbons (Fsp3) is 1.00. The Labute approximate surface area is 72.4 Å². The molecule has 1 nitrogen and oxygen atoms in total. The van der Waals surface area contributed by atoms with Gasteiger partial charge in [-0.05, 0) is 26.9 Å². The second-order valence-electron chi connectivity index (χ2n) is 3.06. The van der Waals surface area contributed by atoms with Gasteiger partial charge in [0.15, 0.2) is 8.32 Å². The molecule has 0 aromatic heterocycles. The highest BCUT2D eigenvalue weighted by Crippen LogP contribution is 2.10. The summed E-state index contributed by atoms with van der Waals surface area (Å²) >= 11 is 2.40. The molecule has 0 aromatic rings. The minimum Gasteiger partial charge on any atom is -0.414 e. The molecule has 56 valence electrons. The van der Waals surface area contributed by atoms with Crippen molar-refractivity contribution in [1.29, 1.82) is 0 Å². The summed E-state index contributed by atoms with van der Waals surface area (Å²) in [6, 6.07) is 0. The average molecular weight is 258 g/mol. The lowest BCUT2D eigenvalue weighted by Crippen LogP contribution is -2.35. The lowest BCUT2D eigenvalue weighted by molar-refractivity contribution is 0.235. The maximum atomic E-state index is 5.72. The molecule has 0 atom stereocenters. The molecule has 0 aliphatic heterocycles. The molecule has 0 aliphatic carbocycles. The summed E-state index contributed by atoms with van der Waals surface area (Å²) < 4.78 is 6.90. The summed E-state index contributed by atoms with van der Waals surface area (Å²) in [7, 11) is -1.25. The van der Waals surface area contributed by atoms with Crippen LogP contribution in [-0.4, -0.2) is 18.5 Å². The van der Waals surface area contributed by atoms with Crippen LogP contribution in [0.4, 0.5) is 0 Å². The normalized spacial score (nSPS) is 12.7. The van der Waals surface area contributed by atoms with Crippen molar-refractivity contribution in [3.05, 3.63) is 0 Å². The first-order chi connectivity index (χ1) is 3.98. The van der Waals surface area contributed by atoms with Gasteiger partial charge in [0.2, 0.25) is 0 Å². The molecular weight excluding hydrogens is 243 g/mol. The molecule has 0 unspecified atom stereocenters. The number of alkyl halides is 1. The number of hydrogen-bond donors (Lipinski definition) is 0. The Kier molecular flexibility index (Phi) is 4.32. The molecule has 0 aliphatic rings. The molecule has 0 amide bonds. The third-order valence-electron chi connectivity index (χ3n) is 0.877. The molecule has 9 heavy (non-hydrogen) atoms. The summed E-state index contributed by atoms with van der Waals surface area (Å²) in [4.78, 5) is 0. The smallest absolute Gasteiger partial charge is 0.196 e. The second-order valence-corrected chi connectivity index (χ2v) is 9.37. The third-order valence-corrected chi connectivity index (χ3v) is 8.14. The highest BCUT2D eigenvalue weighted by molar-refractivity contribution is 14.1. The fourth-order valence-electron chi connectivity index (χ4n) is 0.670. The lowest BCUT2D eigenvalue weighted by Gasteiger charge is -2.22. The van der Waals surface area contributed by atoms with E-state index in [1.165, 1.54) is 4.05 Å². The maximum absolute atomic E-state index is 5.72. The van der Waals surface area contributed by atoms with Gasteiger partial charge < -0.3 is 4.43 Å². The first-order valence-corrected chi connectivity index (χ1v) is 7.86. The number of hydrogen-bond acceptors (Lipinski definition) is 1. The molecule has 0 saturated heterocycles. The Hall–Kier alpha value is 0.907. The van der Waals surface area contributed by atoms with Gasteiger partial charge in [0.05, 0.1) is 0 Å². The van der Waals surface area contributed by atoms with Crippen LogP contribution in [0.1, 0.15) is 13.8 Å². The third kappa shape index (κ3) is 5.36. The summed E-state index contributed by atoms with van der Waals surface area (Å²) in [5, 5.41) is 0. The Balaban J connectivity index is 3.58. The lowest BCUT2D eigenvalue weighted by atomic mass is 10.5. The monoisotopic (exact) mass is 258 g/mol. The minimum atomic E-state index is -1.25. The van der Waals surface area contributed by atoms with E-state index < -0.39 is 8.32 Å². The number of halogens is 1. The summed E-state index contributed by atoms with van der Waals surface area (Å²) in [6.45, 7) is 8.70. The number of rotatable bonds is 3. The van der Waals surface area contributed by atoms with Gasteiger partial charge in [-0.2, -0.15) is 0 Å². The van der Waals surface area contributed by atoms with Crippen LogP contribution in [0.25, 0.3) is 0 Å². The van der Waals surface area contributed by atoms with Crippen LogP contribution in [0.2, 0.25) is 13.1 Å². The molecule has 0 aromatic carbocycles. The van der Waals surface area contributed by atoms with Gasteiger partial charge in [0, 0.05) is 10.2 Å². The van der Waals surface area contributed by atoms with Crippen molar-refractivity contribution in [1.82, 2.24) is 0 Å². The zero-order chi connectivity index (χ0) is 7.49. The topological polar surface area (TPSA) is 9.23 Å². The van der Waals surface area contributed by atoms with E-state index >= 15 is 0 Å². The van der Waals surface area contributed by atoms with E-state index in [-0.39, 0.29) is 0 Å². The average Bonchev–Trinajstić information content (AvgIpc) is 1.63. The zero-order valence-electron chi connectivity index (χ0n) is 6.57. The largest absolute Gasteiger partial charge is 0.414 e. The predicted molar refractivity (Wildman–Crippen MR) is 52.6 cm³/mol. The molecule has 0 spiro atoms. The van der Waals surface area contributed by atoms with Gasteiger partial charge in [-0.15, -0.1) is 0 Å². The van der Waals surface area contributed by atoms with Crippen molar-refractivity contribution in [2.75, 3.05) is 4.05 Å². The first kappa shape index (κ1) is 9.91. The molecule has 0 saturated carbocycles. The molecule has 0 N–H and O–H groups in total. The fourth-order valence-corrected chi connectivity index (χ4v) is 2.55. The summed E-state index contributed by atoms with van der Waals surface area (Å²) in [5.41, 5.74) is 0. The van der Waals surface area contributed by atoms with Crippen molar-refractivity contribution >= 4 is 30.9 Å². The van der Waals surface area contributed by atoms with Gasteiger partial charge in [0.25, 0.3) is 0 Å². The van der Waals surface area contributed by atoms with Crippen molar-refractivity contribution < 1.29 is 4.43 Å². The highest BCUT2D eigenvalue weighted by atomic mass is 127. The van der Waals surface area contributed by atoms with E-state index in [9.17, 15) is 0 Å². The van der Waals surface area contributed by atoms with Crippen molar-refractivity contribution in [3.8, 4) is 0 Å². The first-order valence-electron chi connectivity index (χ1n) is 3.22.